The first-order chi connectivity index (χ1) is 9.15. The molecule has 19 heavy (non-hydrogen) atoms. The Morgan fingerprint density at radius 3 is 3.00 bits per heavy atom. The minimum Gasteiger partial charge on any atom is -0.367 e. The molecule has 1 amide bonds. The third-order valence-corrected chi connectivity index (χ3v) is 2.99. The first-order valence-corrected chi connectivity index (χ1v) is 6.47. The molecule has 0 aliphatic carbocycles. The quantitative estimate of drug-likeness (QED) is 0.834. The Hall–Kier alpha value is -1.88. The van der Waals surface area contributed by atoms with Crippen LogP contribution in [0, 0.1) is 5.82 Å². The number of amides is 1. The molecular formula is C14H12BrFN2O. The first-order valence-electron chi connectivity index (χ1n) is 5.68. The van der Waals surface area contributed by atoms with Gasteiger partial charge in [-0.15, -0.1) is 0 Å². The van der Waals surface area contributed by atoms with E-state index < -0.39 is 0 Å². The van der Waals surface area contributed by atoms with Gasteiger partial charge in [0, 0.05) is 35.1 Å². The second kappa shape index (κ2) is 6.33. The molecule has 0 unspecified atom stereocenters. The summed E-state index contributed by atoms with van der Waals surface area (Å²) in [5, 5.41) is 2.71. The minimum atomic E-state index is -0.363. The van der Waals surface area contributed by atoms with E-state index in [1.807, 2.05) is 6.07 Å². The molecule has 2 N–H and O–H groups in total. The van der Waals surface area contributed by atoms with Crippen LogP contribution in [0.15, 0.2) is 47.2 Å². The molecule has 2 aromatic rings. The van der Waals surface area contributed by atoms with Gasteiger partial charge in [0.05, 0.1) is 0 Å². The molecule has 1 aromatic carbocycles. The maximum absolute atomic E-state index is 13.4. The first kappa shape index (κ1) is 13.5. The molecule has 1 heterocycles. The molecule has 0 aliphatic heterocycles. The average Bonchev–Trinajstić information content (AvgIpc) is 2.90. The van der Waals surface area contributed by atoms with Crippen molar-refractivity contribution in [2.24, 2.45) is 0 Å². The summed E-state index contributed by atoms with van der Waals surface area (Å²) in [7, 11) is 0. The lowest BCUT2D eigenvalue weighted by Crippen LogP contribution is -2.19. The van der Waals surface area contributed by atoms with Crippen LogP contribution in [0.5, 0.6) is 0 Å². The smallest absolute Gasteiger partial charge is 0.244 e. The maximum Gasteiger partial charge on any atom is 0.244 e. The summed E-state index contributed by atoms with van der Waals surface area (Å²) in [5.74, 6) is -0.626. The van der Waals surface area contributed by atoms with Crippen molar-refractivity contribution in [3.63, 3.8) is 0 Å². The van der Waals surface area contributed by atoms with Crippen molar-refractivity contribution < 1.29 is 9.18 Å². The molecule has 3 nitrogen and oxygen atoms in total. The molecular weight excluding hydrogens is 311 g/mol. The minimum absolute atomic E-state index is 0.263. The topological polar surface area (TPSA) is 44.9 Å². The van der Waals surface area contributed by atoms with Gasteiger partial charge in [0.2, 0.25) is 5.91 Å². The zero-order valence-corrected chi connectivity index (χ0v) is 11.6. The summed E-state index contributed by atoms with van der Waals surface area (Å²) < 4.78 is 14.2. The van der Waals surface area contributed by atoms with E-state index in [9.17, 15) is 9.18 Å². The van der Waals surface area contributed by atoms with Crippen LogP contribution < -0.4 is 5.32 Å². The highest BCUT2D eigenvalue weighted by Gasteiger charge is 2.01. The van der Waals surface area contributed by atoms with E-state index in [1.54, 1.807) is 24.5 Å². The number of carbonyl (C=O) groups excluding carboxylic acids is 1. The summed E-state index contributed by atoms with van der Waals surface area (Å²) in [6.07, 6.45) is 6.36. The monoisotopic (exact) mass is 322 g/mol. The van der Waals surface area contributed by atoms with Gasteiger partial charge >= 0.3 is 0 Å². The Labute approximate surface area is 118 Å². The molecule has 0 bridgehead atoms. The molecule has 0 atom stereocenters. The third-order valence-electron chi connectivity index (χ3n) is 2.50. The molecule has 0 fully saturated rings. The van der Waals surface area contributed by atoms with Gasteiger partial charge < -0.3 is 10.3 Å². The van der Waals surface area contributed by atoms with Crippen LogP contribution in [0.1, 0.15) is 11.1 Å². The van der Waals surface area contributed by atoms with E-state index in [0.717, 1.165) is 10.0 Å². The van der Waals surface area contributed by atoms with E-state index in [0.29, 0.717) is 12.1 Å². The largest absolute Gasteiger partial charge is 0.367 e. The zero-order chi connectivity index (χ0) is 13.7. The molecule has 0 radical (unpaired) electrons. The second-order valence-corrected chi connectivity index (χ2v) is 4.85. The summed E-state index contributed by atoms with van der Waals surface area (Å²) in [4.78, 5) is 14.5. The van der Waals surface area contributed by atoms with Gasteiger partial charge in [0.15, 0.2) is 0 Å². The Balaban J connectivity index is 1.94. The lowest BCUT2D eigenvalue weighted by atomic mass is 10.2. The van der Waals surface area contributed by atoms with Crippen molar-refractivity contribution in [1.82, 2.24) is 10.3 Å². The highest BCUT2D eigenvalue weighted by Crippen LogP contribution is 2.16. The number of aromatic nitrogens is 1. The van der Waals surface area contributed by atoms with Crippen LogP contribution in [0.4, 0.5) is 4.39 Å². The van der Waals surface area contributed by atoms with Crippen LogP contribution in [-0.2, 0) is 11.3 Å². The molecule has 2 rings (SSSR count). The lowest BCUT2D eigenvalue weighted by molar-refractivity contribution is -0.116. The van der Waals surface area contributed by atoms with Crippen molar-refractivity contribution in [2.75, 3.05) is 0 Å². The number of benzene rings is 1. The number of halogens is 2. The number of hydrogen-bond acceptors (Lipinski definition) is 1. The number of rotatable bonds is 4. The number of H-pyrrole nitrogens is 1. The van der Waals surface area contributed by atoms with Gasteiger partial charge in [0.1, 0.15) is 5.82 Å². The van der Waals surface area contributed by atoms with Gasteiger partial charge in [-0.05, 0) is 35.9 Å². The molecule has 0 spiro atoms. The van der Waals surface area contributed by atoms with Crippen LogP contribution in [0.3, 0.4) is 0 Å². The molecule has 1 aromatic heterocycles. The Morgan fingerprint density at radius 2 is 2.26 bits per heavy atom. The molecule has 0 saturated carbocycles. The normalized spacial score (nSPS) is 10.8. The predicted octanol–water partition coefficient (Wildman–Crippen LogP) is 3.25. The van der Waals surface area contributed by atoms with Crippen molar-refractivity contribution in [3.8, 4) is 0 Å². The fourth-order valence-corrected chi connectivity index (χ4v) is 1.90. The number of aromatic amines is 1. The van der Waals surface area contributed by atoms with E-state index in [1.165, 1.54) is 18.2 Å². The second-order valence-electron chi connectivity index (χ2n) is 3.94. The van der Waals surface area contributed by atoms with Gasteiger partial charge in [-0.2, -0.15) is 0 Å². The summed E-state index contributed by atoms with van der Waals surface area (Å²) in [6, 6.07) is 6.45. The molecule has 0 aliphatic rings. The van der Waals surface area contributed by atoms with Crippen molar-refractivity contribution in [3.05, 3.63) is 64.2 Å². The zero-order valence-electron chi connectivity index (χ0n) is 9.99. The molecule has 0 saturated heterocycles. The van der Waals surface area contributed by atoms with Crippen molar-refractivity contribution in [2.45, 2.75) is 6.54 Å². The fraction of sp³-hybridized carbons (Fsp3) is 0.0714. The van der Waals surface area contributed by atoms with Crippen molar-refractivity contribution >= 4 is 27.9 Å². The van der Waals surface area contributed by atoms with E-state index >= 15 is 0 Å². The Morgan fingerprint density at radius 1 is 1.42 bits per heavy atom. The molecule has 98 valence electrons. The van der Waals surface area contributed by atoms with Gasteiger partial charge in [-0.25, -0.2) is 4.39 Å². The summed E-state index contributed by atoms with van der Waals surface area (Å²) >= 11 is 3.26. The summed E-state index contributed by atoms with van der Waals surface area (Å²) in [6.45, 7) is 0.438. The Kier molecular flexibility index (Phi) is 4.52. The van der Waals surface area contributed by atoms with Crippen LogP contribution >= 0.6 is 15.9 Å². The van der Waals surface area contributed by atoms with Gasteiger partial charge in [0.25, 0.3) is 0 Å². The average molecular weight is 323 g/mol. The predicted molar refractivity (Wildman–Crippen MR) is 75.8 cm³/mol. The van der Waals surface area contributed by atoms with Crippen LogP contribution in [-0.4, -0.2) is 10.9 Å². The number of carbonyl (C=O) groups is 1. The maximum atomic E-state index is 13.4. The standard InChI is InChI=1S/C14H12BrFN2O/c15-12-2-3-13(16)11(7-12)1-4-14(19)18-9-10-5-6-17-8-10/h1-8,17H,9H2,(H,18,19)/b4-1+. The number of nitrogens with one attached hydrogen (secondary N) is 2. The van der Waals surface area contributed by atoms with Gasteiger partial charge in [-0.3, -0.25) is 4.79 Å². The fourth-order valence-electron chi connectivity index (χ4n) is 1.52. The summed E-state index contributed by atoms with van der Waals surface area (Å²) in [5.41, 5.74) is 1.35. The van der Waals surface area contributed by atoms with E-state index in [4.69, 9.17) is 0 Å². The van der Waals surface area contributed by atoms with E-state index in [-0.39, 0.29) is 11.7 Å². The van der Waals surface area contributed by atoms with E-state index in [2.05, 4.69) is 26.2 Å². The number of hydrogen-bond donors (Lipinski definition) is 2. The van der Waals surface area contributed by atoms with Crippen molar-refractivity contribution in [1.29, 1.82) is 0 Å². The van der Waals surface area contributed by atoms with Crippen LogP contribution in [0.2, 0.25) is 0 Å². The highest BCUT2D eigenvalue weighted by atomic mass is 79.9. The lowest BCUT2D eigenvalue weighted by Gasteiger charge is -2.00. The highest BCUT2D eigenvalue weighted by molar-refractivity contribution is 9.10. The SMILES string of the molecule is O=C(/C=C/c1cc(Br)ccc1F)NCc1cc[nH]c1. The molecule has 5 heteroatoms. The Bertz CT molecular complexity index is 593. The third kappa shape index (κ3) is 4.06. The van der Waals surface area contributed by atoms with Crippen LogP contribution in [0.25, 0.3) is 6.08 Å². The van der Waals surface area contributed by atoms with Gasteiger partial charge in [-0.1, -0.05) is 15.9 Å².